The van der Waals surface area contributed by atoms with Gasteiger partial charge in [-0.1, -0.05) is 6.07 Å². The van der Waals surface area contributed by atoms with Crippen LogP contribution in [0.25, 0.3) is 0 Å². The summed E-state index contributed by atoms with van der Waals surface area (Å²) in [4.78, 5) is 18.9. The predicted octanol–water partition coefficient (Wildman–Crippen LogP) is 3.80. The number of ether oxygens (including phenoxy) is 1. The summed E-state index contributed by atoms with van der Waals surface area (Å²) in [7, 11) is 0. The van der Waals surface area contributed by atoms with Crippen LogP contribution in [0.4, 0.5) is 4.79 Å². The van der Waals surface area contributed by atoms with Gasteiger partial charge in [-0.15, -0.1) is 0 Å². The van der Waals surface area contributed by atoms with Crippen molar-refractivity contribution in [3.63, 3.8) is 0 Å². The molecule has 0 spiro atoms. The third-order valence-corrected chi connectivity index (χ3v) is 4.66. The fraction of sp³-hybridized carbons (Fsp3) is 0.667. The highest BCUT2D eigenvalue weighted by atomic mass is 16.6. The molecule has 1 unspecified atom stereocenters. The van der Waals surface area contributed by atoms with Crippen LogP contribution in [0.15, 0.2) is 24.4 Å². The van der Waals surface area contributed by atoms with Gasteiger partial charge in [0, 0.05) is 24.0 Å². The first-order valence-corrected chi connectivity index (χ1v) is 8.33. The Morgan fingerprint density at radius 2 is 1.95 bits per heavy atom. The first-order valence-electron chi connectivity index (χ1n) is 8.33. The van der Waals surface area contributed by atoms with Gasteiger partial charge in [-0.25, -0.2) is 4.79 Å². The molecule has 0 aromatic carbocycles. The topological polar surface area (TPSA) is 42.4 Å². The van der Waals surface area contributed by atoms with E-state index in [2.05, 4.69) is 11.1 Å². The van der Waals surface area contributed by atoms with E-state index in [4.69, 9.17) is 4.74 Å². The van der Waals surface area contributed by atoms with Crippen molar-refractivity contribution in [2.24, 2.45) is 5.92 Å². The summed E-state index contributed by atoms with van der Waals surface area (Å²) in [6, 6.07) is 6.80. The van der Waals surface area contributed by atoms with Crippen LogP contribution in [0.5, 0.6) is 0 Å². The van der Waals surface area contributed by atoms with Gasteiger partial charge < -0.3 is 9.64 Å². The number of hydrogen-bond acceptors (Lipinski definition) is 3. The van der Waals surface area contributed by atoms with Crippen molar-refractivity contribution in [1.29, 1.82) is 0 Å². The minimum Gasteiger partial charge on any atom is -0.444 e. The predicted molar refractivity (Wildman–Crippen MR) is 85.5 cm³/mol. The lowest BCUT2D eigenvalue weighted by atomic mass is 9.87. The lowest BCUT2D eigenvalue weighted by Gasteiger charge is -2.39. The Kier molecular flexibility index (Phi) is 4.11. The number of carbonyl (C=O) groups is 1. The summed E-state index contributed by atoms with van der Waals surface area (Å²) in [5.41, 5.74) is 0.749. The molecule has 22 heavy (non-hydrogen) atoms. The highest BCUT2D eigenvalue weighted by molar-refractivity contribution is 5.69. The number of hydrogen-bond donors (Lipinski definition) is 0. The largest absolute Gasteiger partial charge is 0.444 e. The summed E-state index contributed by atoms with van der Waals surface area (Å²) in [6.07, 6.45) is 7.14. The van der Waals surface area contributed by atoms with Crippen molar-refractivity contribution in [3.05, 3.63) is 30.1 Å². The van der Waals surface area contributed by atoms with Crippen molar-refractivity contribution < 1.29 is 9.53 Å². The Bertz CT molecular complexity index is 510. The second-order valence-electron chi connectivity index (χ2n) is 7.64. The summed E-state index contributed by atoms with van der Waals surface area (Å²) in [5.74, 6) is 0.631. The lowest BCUT2D eigenvalue weighted by Crippen LogP contribution is -2.48. The molecule has 0 aliphatic carbocycles. The maximum absolute atomic E-state index is 12.4. The molecule has 2 fully saturated rings. The van der Waals surface area contributed by atoms with Crippen LogP contribution in [-0.4, -0.2) is 33.7 Å². The number of pyridine rings is 1. The zero-order valence-corrected chi connectivity index (χ0v) is 13.8. The molecular formula is C18H26N2O2. The molecule has 2 bridgehead atoms. The van der Waals surface area contributed by atoms with Crippen LogP contribution < -0.4 is 0 Å². The molecular weight excluding hydrogens is 276 g/mol. The van der Waals surface area contributed by atoms with E-state index >= 15 is 0 Å². The molecule has 3 atom stereocenters. The van der Waals surface area contributed by atoms with E-state index in [1.807, 2.05) is 44.0 Å². The summed E-state index contributed by atoms with van der Waals surface area (Å²) in [5, 5.41) is 0. The standard InChI is InChI=1S/C18H26N2O2/c1-18(2,3)22-17(21)20-15-7-8-16(20)12-13(11-15)10-14-6-4-5-9-19-14/h4-6,9,13,15-16H,7-8,10-12H2,1-3H3/t13?,15-,16+. The maximum atomic E-state index is 12.4. The van der Waals surface area contributed by atoms with Gasteiger partial charge in [-0.2, -0.15) is 0 Å². The van der Waals surface area contributed by atoms with Crippen LogP contribution in [0, 0.1) is 5.92 Å². The number of amides is 1. The molecule has 1 aromatic rings. The van der Waals surface area contributed by atoms with Crippen LogP contribution in [0.3, 0.4) is 0 Å². The minimum absolute atomic E-state index is 0.128. The molecule has 3 rings (SSSR count). The van der Waals surface area contributed by atoms with E-state index in [9.17, 15) is 4.79 Å². The molecule has 2 aliphatic heterocycles. The Balaban J connectivity index is 1.63. The monoisotopic (exact) mass is 302 g/mol. The third-order valence-electron chi connectivity index (χ3n) is 4.66. The first kappa shape index (κ1) is 15.3. The fourth-order valence-electron chi connectivity index (χ4n) is 3.88. The van der Waals surface area contributed by atoms with Gasteiger partial charge in [0.15, 0.2) is 0 Å². The van der Waals surface area contributed by atoms with Gasteiger partial charge in [0.05, 0.1) is 0 Å². The Labute approximate surface area is 132 Å². The van der Waals surface area contributed by atoms with Crippen LogP contribution in [0.2, 0.25) is 0 Å². The quantitative estimate of drug-likeness (QED) is 0.834. The van der Waals surface area contributed by atoms with Gasteiger partial charge in [-0.05, 0) is 70.9 Å². The number of fused-ring (bicyclic) bond motifs is 2. The molecule has 4 nitrogen and oxygen atoms in total. The number of nitrogens with zero attached hydrogens (tertiary/aromatic N) is 2. The van der Waals surface area contributed by atoms with Crippen molar-refractivity contribution in [2.75, 3.05) is 0 Å². The molecule has 0 radical (unpaired) electrons. The van der Waals surface area contributed by atoms with E-state index in [0.717, 1.165) is 37.8 Å². The molecule has 1 aromatic heterocycles. The van der Waals surface area contributed by atoms with Gasteiger partial charge in [0.1, 0.15) is 5.60 Å². The molecule has 0 N–H and O–H groups in total. The van der Waals surface area contributed by atoms with Crippen LogP contribution >= 0.6 is 0 Å². The smallest absolute Gasteiger partial charge is 0.410 e. The molecule has 3 heterocycles. The van der Waals surface area contributed by atoms with E-state index in [0.29, 0.717) is 18.0 Å². The average Bonchev–Trinajstić information content (AvgIpc) is 2.70. The normalized spacial score (nSPS) is 27.8. The minimum atomic E-state index is -0.415. The molecule has 120 valence electrons. The fourth-order valence-corrected chi connectivity index (χ4v) is 3.88. The summed E-state index contributed by atoms with van der Waals surface area (Å²) in [6.45, 7) is 5.79. The van der Waals surface area contributed by atoms with E-state index in [-0.39, 0.29) is 6.09 Å². The van der Waals surface area contributed by atoms with Crippen molar-refractivity contribution in [1.82, 2.24) is 9.88 Å². The molecule has 2 saturated heterocycles. The first-order chi connectivity index (χ1) is 10.4. The Morgan fingerprint density at radius 3 is 2.50 bits per heavy atom. The van der Waals surface area contributed by atoms with Gasteiger partial charge in [0.2, 0.25) is 0 Å². The SMILES string of the molecule is CC(C)(C)OC(=O)N1[C@@H]2CC[C@H]1CC(Cc1ccccn1)C2. The maximum Gasteiger partial charge on any atom is 0.410 e. The van der Waals surface area contributed by atoms with Gasteiger partial charge in [-0.3, -0.25) is 4.98 Å². The second-order valence-corrected chi connectivity index (χ2v) is 7.64. The van der Waals surface area contributed by atoms with Crippen molar-refractivity contribution in [3.8, 4) is 0 Å². The molecule has 4 heteroatoms. The molecule has 1 amide bonds. The number of piperidine rings is 1. The number of aromatic nitrogens is 1. The molecule has 0 saturated carbocycles. The molecule has 2 aliphatic rings. The van der Waals surface area contributed by atoms with Crippen LogP contribution in [-0.2, 0) is 11.2 Å². The van der Waals surface area contributed by atoms with Gasteiger partial charge in [0.25, 0.3) is 0 Å². The van der Waals surface area contributed by atoms with E-state index in [1.54, 1.807) is 0 Å². The third kappa shape index (κ3) is 3.42. The van der Waals surface area contributed by atoms with E-state index < -0.39 is 5.60 Å². The Morgan fingerprint density at radius 1 is 1.27 bits per heavy atom. The number of carbonyl (C=O) groups excluding carboxylic acids is 1. The Hall–Kier alpha value is -1.58. The summed E-state index contributed by atoms with van der Waals surface area (Å²) >= 11 is 0. The van der Waals surface area contributed by atoms with E-state index in [1.165, 1.54) is 0 Å². The van der Waals surface area contributed by atoms with Crippen molar-refractivity contribution >= 4 is 6.09 Å². The summed E-state index contributed by atoms with van der Waals surface area (Å²) < 4.78 is 5.59. The van der Waals surface area contributed by atoms with Crippen LogP contribution in [0.1, 0.15) is 52.1 Å². The average molecular weight is 302 g/mol. The highest BCUT2D eigenvalue weighted by Crippen LogP contribution is 2.40. The lowest BCUT2D eigenvalue weighted by molar-refractivity contribution is 0.00212. The van der Waals surface area contributed by atoms with Crippen molar-refractivity contribution in [2.45, 2.75) is 70.6 Å². The zero-order chi connectivity index (χ0) is 15.7. The zero-order valence-electron chi connectivity index (χ0n) is 13.8. The number of rotatable bonds is 2. The highest BCUT2D eigenvalue weighted by Gasteiger charge is 2.44. The van der Waals surface area contributed by atoms with Gasteiger partial charge >= 0.3 is 6.09 Å². The second kappa shape index (κ2) is 5.90.